The molecule has 8 heteroatoms. The van der Waals surface area contributed by atoms with E-state index in [0.717, 1.165) is 51.4 Å². The molecule has 0 amide bonds. The van der Waals surface area contributed by atoms with Gasteiger partial charge in [-0.2, -0.15) is 0 Å². The Kier molecular flexibility index (Phi) is 11.2. The Morgan fingerprint density at radius 3 is 2.64 bits per heavy atom. The molecule has 2 rings (SSSR count). The van der Waals surface area contributed by atoms with Crippen LogP contribution in [0.1, 0.15) is 26.2 Å². The van der Waals surface area contributed by atoms with Crippen LogP contribution in [-0.4, -0.2) is 63.7 Å². The number of para-hydroxylation sites is 1. The zero-order valence-corrected chi connectivity index (χ0v) is 19.3. The van der Waals surface area contributed by atoms with Crippen molar-refractivity contribution in [3.63, 3.8) is 0 Å². The molecule has 0 aliphatic carbocycles. The number of aliphatic imine (C=N–C) groups is 1. The van der Waals surface area contributed by atoms with Gasteiger partial charge >= 0.3 is 5.97 Å². The van der Waals surface area contributed by atoms with Crippen molar-refractivity contribution >= 4 is 41.6 Å². The third-order valence-corrected chi connectivity index (χ3v) is 4.84. The third kappa shape index (κ3) is 7.10. The molecule has 0 atom stereocenters. The van der Waals surface area contributed by atoms with Gasteiger partial charge in [0.2, 0.25) is 0 Å². The Labute approximate surface area is 184 Å². The minimum atomic E-state index is -0.201. The van der Waals surface area contributed by atoms with Gasteiger partial charge < -0.3 is 19.9 Å². The highest BCUT2D eigenvalue weighted by atomic mass is 127. The van der Waals surface area contributed by atoms with Crippen LogP contribution in [0.3, 0.4) is 0 Å². The highest BCUT2D eigenvalue weighted by molar-refractivity contribution is 14.0. The van der Waals surface area contributed by atoms with Crippen molar-refractivity contribution in [2.45, 2.75) is 26.2 Å². The summed E-state index contributed by atoms with van der Waals surface area (Å²) in [5.74, 6) is 0.559. The zero-order chi connectivity index (χ0) is 19.6. The van der Waals surface area contributed by atoms with E-state index < -0.39 is 0 Å². The molecule has 1 saturated heterocycles. The number of carbonyl (C=O) groups excluding carboxylic acids is 1. The van der Waals surface area contributed by atoms with Crippen LogP contribution >= 0.6 is 24.0 Å². The summed E-state index contributed by atoms with van der Waals surface area (Å²) in [7, 11) is 3.67. The van der Waals surface area contributed by atoms with E-state index in [2.05, 4.69) is 15.2 Å². The first-order chi connectivity index (χ1) is 13.1. The number of likely N-dealkylation sites (tertiary alicyclic amines) is 1. The van der Waals surface area contributed by atoms with Gasteiger partial charge in [0.05, 0.1) is 18.2 Å². The summed E-state index contributed by atoms with van der Waals surface area (Å²) in [4.78, 5) is 20.3. The van der Waals surface area contributed by atoms with E-state index in [4.69, 9.17) is 4.74 Å². The van der Waals surface area contributed by atoms with Crippen LogP contribution in [0, 0.1) is 11.7 Å². The average molecular weight is 506 g/mol. The van der Waals surface area contributed by atoms with Gasteiger partial charge in [0.15, 0.2) is 5.96 Å². The second-order valence-corrected chi connectivity index (χ2v) is 6.71. The van der Waals surface area contributed by atoms with Crippen molar-refractivity contribution in [1.29, 1.82) is 0 Å². The molecular weight excluding hydrogens is 474 g/mol. The van der Waals surface area contributed by atoms with Crippen molar-refractivity contribution in [1.82, 2.24) is 10.2 Å². The molecule has 1 aromatic carbocycles. The first-order valence-corrected chi connectivity index (χ1v) is 9.64. The number of ether oxygens (including phenoxy) is 1. The molecule has 28 heavy (non-hydrogen) atoms. The van der Waals surface area contributed by atoms with Gasteiger partial charge in [-0.15, -0.1) is 24.0 Å². The Balaban J connectivity index is 0.00000392. The SMILES string of the molecule is CCOC(=O)C1CCN(C(=NC)NCCCN(C)c2ccccc2F)CC1.I. The molecule has 158 valence electrons. The van der Waals surface area contributed by atoms with E-state index in [-0.39, 0.29) is 41.7 Å². The number of guanidine groups is 1. The number of hydrogen-bond acceptors (Lipinski definition) is 4. The number of benzene rings is 1. The number of esters is 1. The van der Waals surface area contributed by atoms with Crippen LogP contribution in [-0.2, 0) is 9.53 Å². The van der Waals surface area contributed by atoms with Crippen LogP contribution in [0.25, 0.3) is 0 Å². The fourth-order valence-electron chi connectivity index (χ4n) is 3.32. The van der Waals surface area contributed by atoms with Crippen molar-refractivity contribution < 1.29 is 13.9 Å². The molecule has 1 heterocycles. The lowest BCUT2D eigenvalue weighted by molar-refractivity contribution is -0.149. The second-order valence-electron chi connectivity index (χ2n) is 6.71. The maximum atomic E-state index is 13.8. The topological polar surface area (TPSA) is 57.2 Å². The lowest BCUT2D eigenvalue weighted by Gasteiger charge is -2.33. The summed E-state index contributed by atoms with van der Waals surface area (Å²) in [6, 6.07) is 6.81. The molecule has 1 aliphatic rings. The molecule has 0 aromatic heterocycles. The van der Waals surface area contributed by atoms with Crippen LogP contribution in [0.4, 0.5) is 10.1 Å². The predicted octanol–water partition coefficient (Wildman–Crippen LogP) is 3.12. The van der Waals surface area contributed by atoms with Crippen molar-refractivity contribution in [2.24, 2.45) is 10.9 Å². The highest BCUT2D eigenvalue weighted by Crippen LogP contribution is 2.19. The molecule has 1 aromatic rings. The number of carbonyl (C=O) groups is 1. The van der Waals surface area contributed by atoms with E-state index in [0.29, 0.717) is 12.3 Å². The van der Waals surface area contributed by atoms with Gasteiger partial charge in [0, 0.05) is 40.3 Å². The molecule has 0 saturated carbocycles. The normalized spacial score (nSPS) is 15.0. The molecule has 0 bridgehead atoms. The van der Waals surface area contributed by atoms with Gasteiger partial charge in [-0.05, 0) is 38.3 Å². The third-order valence-electron chi connectivity index (χ3n) is 4.84. The minimum Gasteiger partial charge on any atom is -0.466 e. The van der Waals surface area contributed by atoms with Gasteiger partial charge in [-0.3, -0.25) is 9.79 Å². The number of piperidine rings is 1. The monoisotopic (exact) mass is 506 g/mol. The van der Waals surface area contributed by atoms with E-state index in [9.17, 15) is 9.18 Å². The van der Waals surface area contributed by atoms with Gasteiger partial charge in [0.25, 0.3) is 0 Å². The summed E-state index contributed by atoms with van der Waals surface area (Å²) >= 11 is 0. The number of anilines is 1. The van der Waals surface area contributed by atoms with Crippen molar-refractivity contribution in [3.8, 4) is 0 Å². The summed E-state index contributed by atoms with van der Waals surface area (Å²) in [6.07, 6.45) is 2.44. The van der Waals surface area contributed by atoms with Gasteiger partial charge in [0.1, 0.15) is 5.82 Å². The van der Waals surface area contributed by atoms with Crippen molar-refractivity contribution in [3.05, 3.63) is 30.1 Å². The standard InChI is InChI=1S/C20H31FN4O2.HI/c1-4-27-19(26)16-10-14-25(15-11-16)20(22-2)23-12-7-13-24(3)18-9-6-5-8-17(18)21;/h5-6,8-9,16H,4,7,10-15H2,1-3H3,(H,22,23);1H. The molecule has 6 nitrogen and oxygen atoms in total. The maximum Gasteiger partial charge on any atom is 0.309 e. The molecule has 0 spiro atoms. The van der Waals surface area contributed by atoms with E-state index in [1.807, 2.05) is 24.9 Å². The first-order valence-electron chi connectivity index (χ1n) is 9.64. The molecule has 0 unspecified atom stereocenters. The van der Waals surface area contributed by atoms with Crippen LogP contribution in [0.15, 0.2) is 29.3 Å². The first kappa shape index (κ1) is 24.5. The minimum absolute atomic E-state index is 0. The average Bonchev–Trinajstić information content (AvgIpc) is 2.68. The lowest BCUT2D eigenvalue weighted by atomic mass is 9.97. The maximum absolute atomic E-state index is 13.8. The van der Waals surface area contributed by atoms with Gasteiger partial charge in [-0.1, -0.05) is 12.1 Å². The number of rotatable bonds is 7. The van der Waals surface area contributed by atoms with E-state index >= 15 is 0 Å². The fraction of sp³-hybridized carbons (Fsp3) is 0.600. The fourth-order valence-corrected chi connectivity index (χ4v) is 3.32. The Bertz CT molecular complexity index is 636. The Morgan fingerprint density at radius 2 is 2.04 bits per heavy atom. The summed E-state index contributed by atoms with van der Waals surface area (Å²) in [6.45, 7) is 5.35. The number of hydrogen-bond donors (Lipinski definition) is 1. The van der Waals surface area contributed by atoms with Gasteiger partial charge in [-0.25, -0.2) is 4.39 Å². The predicted molar refractivity (Wildman–Crippen MR) is 122 cm³/mol. The molecule has 1 N–H and O–H groups in total. The number of nitrogens with zero attached hydrogens (tertiary/aromatic N) is 3. The summed E-state index contributed by atoms with van der Waals surface area (Å²) in [5, 5.41) is 3.37. The van der Waals surface area contributed by atoms with Crippen molar-refractivity contribution in [2.75, 3.05) is 51.8 Å². The second kappa shape index (κ2) is 12.8. The highest BCUT2D eigenvalue weighted by Gasteiger charge is 2.27. The number of halogens is 2. The molecule has 0 radical (unpaired) electrons. The quantitative estimate of drug-likeness (QED) is 0.203. The number of nitrogens with one attached hydrogen (secondary N) is 1. The summed E-state index contributed by atoms with van der Waals surface area (Å²) < 4.78 is 18.9. The van der Waals surface area contributed by atoms with Crippen LogP contribution in [0.2, 0.25) is 0 Å². The summed E-state index contributed by atoms with van der Waals surface area (Å²) in [5.41, 5.74) is 0.614. The molecule has 1 fully saturated rings. The smallest absolute Gasteiger partial charge is 0.309 e. The zero-order valence-electron chi connectivity index (χ0n) is 17.0. The molecular formula is C20H32FIN4O2. The largest absolute Gasteiger partial charge is 0.466 e. The van der Waals surface area contributed by atoms with Crippen LogP contribution < -0.4 is 10.2 Å². The van der Waals surface area contributed by atoms with Crippen LogP contribution in [0.5, 0.6) is 0 Å². The Morgan fingerprint density at radius 1 is 1.36 bits per heavy atom. The lowest BCUT2D eigenvalue weighted by Crippen LogP contribution is -2.47. The Hall–Kier alpha value is -1.58. The molecule has 1 aliphatic heterocycles. The van der Waals surface area contributed by atoms with E-state index in [1.165, 1.54) is 6.07 Å². The van der Waals surface area contributed by atoms with E-state index in [1.54, 1.807) is 19.2 Å².